The van der Waals surface area contributed by atoms with E-state index in [2.05, 4.69) is 47.7 Å². The third-order valence-corrected chi connectivity index (χ3v) is 7.84. The van der Waals surface area contributed by atoms with Crippen LogP contribution in [-0.4, -0.2) is 57.4 Å². The van der Waals surface area contributed by atoms with Crippen LogP contribution in [0.1, 0.15) is 18.4 Å². The van der Waals surface area contributed by atoms with Crippen LogP contribution in [0.2, 0.25) is 5.02 Å². The van der Waals surface area contributed by atoms with Gasteiger partial charge in [-0.15, -0.1) is 6.58 Å². The summed E-state index contributed by atoms with van der Waals surface area (Å²) in [6, 6.07) is 15.0. The first-order valence-corrected chi connectivity index (χ1v) is 12.0. The third kappa shape index (κ3) is 5.43. The lowest BCUT2D eigenvalue weighted by Gasteiger charge is -2.37. The summed E-state index contributed by atoms with van der Waals surface area (Å²) in [6.07, 6.45) is 3.50. The Morgan fingerprint density at radius 1 is 1.07 bits per heavy atom. The van der Waals surface area contributed by atoms with E-state index in [1.807, 2.05) is 6.08 Å². The second-order valence-electron chi connectivity index (χ2n) is 7.85. The summed E-state index contributed by atoms with van der Waals surface area (Å²) in [4.78, 5) is 4.83. The van der Waals surface area contributed by atoms with E-state index in [-0.39, 0.29) is 10.9 Å². The Kier molecular flexibility index (Phi) is 7.58. The van der Waals surface area contributed by atoms with E-state index in [1.165, 1.54) is 15.6 Å². The van der Waals surface area contributed by atoms with E-state index >= 15 is 0 Å². The van der Waals surface area contributed by atoms with Crippen LogP contribution < -0.4 is 4.90 Å². The molecule has 0 aliphatic carbocycles. The van der Waals surface area contributed by atoms with Gasteiger partial charge < -0.3 is 4.90 Å². The minimum Gasteiger partial charge on any atom is -0.371 e. The lowest BCUT2D eigenvalue weighted by atomic mass is 10.0. The number of nitrogens with zero attached hydrogens (tertiary/aromatic N) is 3. The van der Waals surface area contributed by atoms with Crippen molar-refractivity contribution in [3.05, 3.63) is 71.8 Å². The molecule has 1 saturated heterocycles. The van der Waals surface area contributed by atoms with Gasteiger partial charge in [-0.05, 0) is 61.9 Å². The molecule has 1 aliphatic rings. The lowest BCUT2D eigenvalue weighted by molar-refractivity contribution is 0.312. The fourth-order valence-electron chi connectivity index (χ4n) is 3.87. The van der Waals surface area contributed by atoms with Crippen molar-refractivity contribution in [2.24, 2.45) is 0 Å². The van der Waals surface area contributed by atoms with Crippen molar-refractivity contribution < 1.29 is 8.42 Å². The predicted molar refractivity (Wildman–Crippen MR) is 125 cm³/mol. The van der Waals surface area contributed by atoms with Crippen molar-refractivity contribution in [3.8, 4) is 0 Å². The molecule has 0 saturated carbocycles. The van der Waals surface area contributed by atoms with Gasteiger partial charge in [-0.1, -0.05) is 29.8 Å². The summed E-state index contributed by atoms with van der Waals surface area (Å²) in [5, 5.41) is 0.531. The van der Waals surface area contributed by atoms with E-state index < -0.39 is 10.0 Å². The van der Waals surface area contributed by atoms with E-state index in [0.717, 1.165) is 39.0 Å². The molecule has 1 heterocycles. The van der Waals surface area contributed by atoms with Crippen molar-refractivity contribution in [2.45, 2.75) is 30.3 Å². The van der Waals surface area contributed by atoms with E-state index in [9.17, 15) is 8.42 Å². The van der Waals surface area contributed by atoms with E-state index in [1.54, 1.807) is 31.3 Å². The van der Waals surface area contributed by atoms with Crippen molar-refractivity contribution in [3.63, 3.8) is 0 Å². The van der Waals surface area contributed by atoms with Gasteiger partial charge in [0.05, 0.1) is 4.90 Å². The van der Waals surface area contributed by atoms with E-state index in [4.69, 9.17) is 11.6 Å². The number of anilines is 1. The molecule has 162 valence electrons. The SMILES string of the molecule is C=CCN(C)Cc1ccc(N2CCC(N(C)S(=O)(=O)c3ccc(Cl)cc3)CC2)cc1. The topological polar surface area (TPSA) is 43.9 Å². The number of sulfonamides is 1. The van der Waals surface area contributed by atoms with Crippen LogP contribution in [0.3, 0.4) is 0 Å². The smallest absolute Gasteiger partial charge is 0.243 e. The maximum atomic E-state index is 12.9. The second kappa shape index (κ2) is 9.96. The average molecular weight is 448 g/mol. The number of rotatable bonds is 8. The zero-order valence-electron chi connectivity index (χ0n) is 17.7. The molecule has 2 aromatic carbocycles. The summed E-state index contributed by atoms with van der Waals surface area (Å²) in [5.74, 6) is 0. The van der Waals surface area contributed by atoms with Crippen molar-refractivity contribution in [1.82, 2.24) is 9.21 Å². The highest BCUT2D eigenvalue weighted by molar-refractivity contribution is 7.89. The summed E-state index contributed by atoms with van der Waals surface area (Å²) >= 11 is 5.89. The molecule has 0 spiro atoms. The quantitative estimate of drug-likeness (QED) is 0.567. The Bertz CT molecular complexity index is 937. The number of halogens is 1. The first kappa shape index (κ1) is 22.8. The van der Waals surface area contributed by atoms with Crippen LogP contribution in [0.15, 0.2) is 66.1 Å². The predicted octanol–water partition coefficient (Wildman–Crippen LogP) is 4.25. The molecule has 0 aromatic heterocycles. The van der Waals surface area contributed by atoms with Gasteiger partial charge in [-0.25, -0.2) is 8.42 Å². The molecule has 5 nitrogen and oxygen atoms in total. The molecule has 30 heavy (non-hydrogen) atoms. The molecule has 2 aromatic rings. The Hall–Kier alpha value is -1.86. The molecule has 0 atom stereocenters. The molecule has 0 unspecified atom stereocenters. The van der Waals surface area contributed by atoms with Gasteiger partial charge in [-0.3, -0.25) is 4.90 Å². The largest absolute Gasteiger partial charge is 0.371 e. The van der Waals surface area contributed by atoms with Crippen molar-refractivity contribution >= 4 is 27.3 Å². The fourth-order valence-corrected chi connectivity index (χ4v) is 5.41. The van der Waals surface area contributed by atoms with E-state index in [0.29, 0.717) is 5.02 Å². The number of hydrogen-bond acceptors (Lipinski definition) is 4. The van der Waals surface area contributed by atoms with Crippen LogP contribution >= 0.6 is 11.6 Å². The van der Waals surface area contributed by atoms with Gasteiger partial charge in [0, 0.05) is 50.0 Å². The third-order valence-electron chi connectivity index (χ3n) is 5.66. The highest BCUT2D eigenvalue weighted by Gasteiger charge is 2.30. The van der Waals surface area contributed by atoms with Crippen LogP contribution in [0.25, 0.3) is 0 Å². The molecule has 1 aliphatic heterocycles. The number of piperidine rings is 1. The molecular weight excluding hydrogens is 418 g/mol. The first-order valence-electron chi connectivity index (χ1n) is 10.2. The van der Waals surface area contributed by atoms with Gasteiger partial charge in [0.1, 0.15) is 0 Å². The van der Waals surface area contributed by atoms with Gasteiger partial charge in [-0.2, -0.15) is 4.31 Å². The highest BCUT2D eigenvalue weighted by atomic mass is 35.5. The molecule has 0 bridgehead atoms. The number of benzene rings is 2. The molecule has 1 fully saturated rings. The Balaban J connectivity index is 1.59. The van der Waals surface area contributed by atoms with Gasteiger partial charge in [0.15, 0.2) is 0 Å². The van der Waals surface area contributed by atoms with Gasteiger partial charge in [0.2, 0.25) is 10.0 Å². The Morgan fingerprint density at radius 2 is 1.67 bits per heavy atom. The average Bonchev–Trinajstić information content (AvgIpc) is 2.74. The summed E-state index contributed by atoms with van der Waals surface area (Å²) < 4.78 is 27.4. The van der Waals surface area contributed by atoms with Crippen LogP contribution in [0.5, 0.6) is 0 Å². The minimum absolute atomic E-state index is 0.00578. The lowest BCUT2D eigenvalue weighted by Crippen LogP contribution is -2.45. The molecule has 0 amide bonds. The summed E-state index contributed by atoms with van der Waals surface area (Å²) in [6.45, 7) is 7.20. The van der Waals surface area contributed by atoms with Crippen LogP contribution in [0.4, 0.5) is 5.69 Å². The highest BCUT2D eigenvalue weighted by Crippen LogP contribution is 2.26. The van der Waals surface area contributed by atoms with Crippen LogP contribution in [-0.2, 0) is 16.6 Å². The van der Waals surface area contributed by atoms with Crippen molar-refractivity contribution in [2.75, 3.05) is 38.6 Å². The van der Waals surface area contributed by atoms with Crippen molar-refractivity contribution in [1.29, 1.82) is 0 Å². The zero-order chi connectivity index (χ0) is 21.7. The molecule has 0 N–H and O–H groups in total. The maximum absolute atomic E-state index is 12.9. The monoisotopic (exact) mass is 447 g/mol. The number of likely N-dealkylation sites (N-methyl/N-ethyl adjacent to an activating group) is 1. The maximum Gasteiger partial charge on any atom is 0.243 e. The molecule has 0 radical (unpaired) electrons. The number of hydrogen-bond donors (Lipinski definition) is 0. The second-order valence-corrected chi connectivity index (χ2v) is 10.3. The van der Waals surface area contributed by atoms with Gasteiger partial charge in [0.25, 0.3) is 0 Å². The summed E-state index contributed by atoms with van der Waals surface area (Å²) in [5.41, 5.74) is 2.46. The molecule has 3 rings (SSSR count). The normalized spacial score (nSPS) is 15.7. The fraction of sp³-hybridized carbons (Fsp3) is 0.391. The first-order chi connectivity index (χ1) is 14.3. The Morgan fingerprint density at radius 3 is 2.23 bits per heavy atom. The molecular formula is C23H30ClN3O2S. The van der Waals surface area contributed by atoms with Gasteiger partial charge >= 0.3 is 0 Å². The van der Waals surface area contributed by atoms with Crippen LogP contribution in [0, 0.1) is 0 Å². The summed E-state index contributed by atoms with van der Waals surface area (Å²) in [7, 11) is 0.243. The molecule has 7 heteroatoms. The zero-order valence-corrected chi connectivity index (χ0v) is 19.2. The Labute approximate surface area is 185 Å². The standard InChI is InChI=1S/C23H30ClN3O2S/c1-4-15-25(2)18-19-5-9-22(10-6-19)27-16-13-21(14-17-27)26(3)30(28,29)23-11-7-20(24)8-12-23/h4-12,21H,1,13-18H2,2-3H3. The minimum atomic E-state index is -3.51.